The predicted molar refractivity (Wildman–Crippen MR) is 91.7 cm³/mol. The molecule has 0 radical (unpaired) electrons. The van der Waals surface area contributed by atoms with Gasteiger partial charge in [-0.1, -0.05) is 41.9 Å². The summed E-state index contributed by atoms with van der Waals surface area (Å²) in [7, 11) is 0. The summed E-state index contributed by atoms with van der Waals surface area (Å²) >= 11 is 3.47. The first-order chi connectivity index (χ1) is 10.4. The molecule has 1 amide bonds. The number of halogens is 1. The molecule has 1 aliphatic rings. The Kier molecular flexibility index (Phi) is 6.01. The molecule has 1 atom stereocenters. The Bertz CT molecular complexity index is 496. The van der Waals surface area contributed by atoms with E-state index in [0.717, 1.165) is 30.5 Å². The zero-order valence-corrected chi connectivity index (χ0v) is 14.9. The van der Waals surface area contributed by atoms with Crippen LogP contribution >= 0.6 is 15.9 Å². The van der Waals surface area contributed by atoms with Gasteiger partial charge in [0.2, 0.25) is 5.91 Å². The van der Waals surface area contributed by atoms with E-state index in [1.165, 1.54) is 5.56 Å². The molecule has 1 aromatic rings. The molecule has 4 nitrogen and oxygen atoms in total. The van der Waals surface area contributed by atoms with E-state index in [2.05, 4.69) is 33.4 Å². The van der Waals surface area contributed by atoms with Crippen molar-refractivity contribution in [3.8, 4) is 0 Å². The molecule has 1 aromatic carbocycles. The molecule has 2 rings (SSSR count). The molecule has 5 heteroatoms. The van der Waals surface area contributed by atoms with Crippen molar-refractivity contribution in [2.75, 3.05) is 19.8 Å². The van der Waals surface area contributed by atoms with E-state index in [-0.39, 0.29) is 17.2 Å². The van der Waals surface area contributed by atoms with Gasteiger partial charge in [0.25, 0.3) is 0 Å². The molecule has 3 N–H and O–H groups in total. The van der Waals surface area contributed by atoms with Gasteiger partial charge in [-0.25, -0.2) is 0 Å². The summed E-state index contributed by atoms with van der Waals surface area (Å²) in [5.41, 5.74) is 7.12. The lowest BCUT2D eigenvalue weighted by Gasteiger charge is -2.38. The minimum Gasteiger partial charge on any atom is -0.381 e. The third kappa shape index (κ3) is 4.09. The van der Waals surface area contributed by atoms with Gasteiger partial charge in [-0.2, -0.15) is 0 Å². The molecule has 0 aliphatic carbocycles. The van der Waals surface area contributed by atoms with Gasteiger partial charge >= 0.3 is 0 Å². The van der Waals surface area contributed by atoms with Crippen molar-refractivity contribution < 1.29 is 9.53 Å². The number of carbonyl (C=O) groups is 1. The molecule has 22 heavy (non-hydrogen) atoms. The molecule has 1 saturated heterocycles. The van der Waals surface area contributed by atoms with Crippen LogP contribution in [0.1, 0.15) is 32.3 Å². The highest BCUT2D eigenvalue weighted by Gasteiger charge is 2.35. The van der Waals surface area contributed by atoms with Crippen LogP contribution in [-0.4, -0.2) is 31.7 Å². The number of nitrogens with two attached hydrogens (primary N) is 1. The number of benzene rings is 1. The lowest BCUT2D eigenvalue weighted by molar-refractivity contribution is -0.123. The highest BCUT2D eigenvalue weighted by Crippen LogP contribution is 2.35. The highest BCUT2D eigenvalue weighted by atomic mass is 79.9. The quantitative estimate of drug-likeness (QED) is 0.839. The molecule has 1 fully saturated rings. The first-order valence-electron chi connectivity index (χ1n) is 7.82. The van der Waals surface area contributed by atoms with Crippen molar-refractivity contribution in [3.63, 3.8) is 0 Å². The number of nitrogens with one attached hydrogen (secondary N) is 1. The molecular weight excluding hydrogens is 344 g/mol. The lowest BCUT2D eigenvalue weighted by atomic mass is 9.74. The van der Waals surface area contributed by atoms with Crippen molar-refractivity contribution in [2.24, 2.45) is 11.7 Å². The Balaban J connectivity index is 2.12. The van der Waals surface area contributed by atoms with E-state index >= 15 is 0 Å². The van der Waals surface area contributed by atoms with Crippen molar-refractivity contribution in [1.82, 2.24) is 5.32 Å². The fourth-order valence-electron chi connectivity index (χ4n) is 2.81. The zero-order valence-electron chi connectivity index (χ0n) is 13.3. The summed E-state index contributed by atoms with van der Waals surface area (Å²) in [6.45, 7) is 5.98. The largest absolute Gasteiger partial charge is 0.381 e. The van der Waals surface area contributed by atoms with E-state index < -0.39 is 6.04 Å². The second kappa shape index (κ2) is 7.57. The number of amides is 1. The minimum atomic E-state index is -0.457. The van der Waals surface area contributed by atoms with E-state index in [9.17, 15) is 4.79 Å². The summed E-state index contributed by atoms with van der Waals surface area (Å²) in [6, 6.07) is 7.90. The average molecular weight is 369 g/mol. The smallest absolute Gasteiger partial charge is 0.237 e. The van der Waals surface area contributed by atoms with Crippen LogP contribution in [0.15, 0.2) is 28.7 Å². The normalized spacial score (nSPS) is 19.0. The van der Waals surface area contributed by atoms with Gasteiger partial charge < -0.3 is 15.8 Å². The van der Waals surface area contributed by atoms with Crippen LogP contribution in [0.4, 0.5) is 0 Å². The van der Waals surface area contributed by atoms with Gasteiger partial charge in [0.1, 0.15) is 0 Å². The number of carbonyl (C=O) groups excluding carboxylic acids is 1. The maximum atomic E-state index is 12.2. The molecule has 0 saturated carbocycles. The van der Waals surface area contributed by atoms with E-state index in [0.29, 0.717) is 6.54 Å². The Morgan fingerprint density at radius 1 is 1.32 bits per heavy atom. The molecule has 0 spiro atoms. The Morgan fingerprint density at radius 3 is 2.45 bits per heavy atom. The van der Waals surface area contributed by atoms with E-state index in [1.807, 2.05) is 26.0 Å². The third-order valence-corrected chi connectivity index (χ3v) is 5.06. The standard InChI is InChI=1S/C17H25BrN2O2/c1-12(2)15(19)16(21)20-11-17(7-9-22-10-8-17)13-3-5-14(18)6-4-13/h3-6,12,15H,7-11,19H2,1-2H3,(H,20,21)/t15-/m0/s1. The van der Waals surface area contributed by atoms with Gasteiger partial charge in [0.05, 0.1) is 6.04 Å². The van der Waals surface area contributed by atoms with Gasteiger partial charge in [-0.15, -0.1) is 0 Å². The summed E-state index contributed by atoms with van der Waals surface area (Å²) in [5.74, 6) is 0.0660. The highest BCUT2D eigenvalue weighted by molar-refractivity contribution is 9.10. The summed E-state index contributed by atoms with van der Waals surface area (Å²) in [4.78, 5) is 12.2. The van der Waals surface area contributed by atoms with Gasteiger partial charge in [0.15, 0.2) is 0 Å². The van der Waals surface area contributed by atoms with E-state index in [4.69, 9.17) is 10.5 Å². The fraction of sp³-hybridized carbons (Fsp3) is 0.588. The molecule has 0 bridgehead atoms. The number of hydrogen-bond acceptors (Lipinski definition) is 3. The molecule has 122 valence electrons. The predicted octanol–water partition coefficient (Wildman–Crippen LogP) is 2.60. The molecule has 1 heterocycles. The van der Waals surface area contributed by atoms with Crippen LogP contribution in [0.5, 0.6) is 0 Å². The Hall–Kier alpha value is -0.910. The number of ether oxygens (including phenoxy) is 1. The van der Waals surface area contributed by atoms with Gasteiger partial charge in [-0.3, -0.25) is 4.79 Å². The van der Waals surface area contributed by atoms with Crippen LogP contribution in [0.3, 0.4) is 0 Å². The van der Waals surface area contributed by atoms with Crippen LogP contribution in [0.2, 0.25) is 0 Å². The third-order valence-electron chi connectivity index (χ3n) is 4.53. The van der Waals surface area contributed by atoms with Crippen molar-refractivity contribution in [3.05, 3.63) is 34.3 Å². The first-order valence-corrected chi connectivity index (χ1v) is 8.61. The summed E-state index contributed by atoms with van der Waals surface area (Å²) < 4.78 is 6.58. The van der Waals surface area contributed by atoms with Gasteiger partial charge in [0, 0.05) is 29.6 Å². The second-order valence-corrected chi connectivity index (χ2v) is 7.30. The average Bonchev–Trinajstić information content (AvgIpc) is 2.53. The molecule has 0 unspecified atom stereocenters. The Labute approximate surface area is 140 Å². The zero-order chi connectivity index (χ0) is 16.2. The SMILES string of the molecule is CC(C)[C@H](N)C(=O)NCC1(c2ccc(Br)cc2)CCOCC1. The van der Waals surface area contributed by atoms with Gasteiger partial charge in [-0.05, 0) is 36.5 Å². The van der Waals surface area contributed by atoms with Crippen LogP contribution in [-0.2, 0) is 14.9 Å². The topological polar surface area (TPSA) is 64.4 Å². The maximum Gasteiger partial charge on any atom is 0.237 e. The lowest BCUT2D eigenvalue weighted by Crippen LogP contribution is -2.50. The van der Waals surface area contributed by atoms with Crippen molar-refractivity contribution >= 4 is 21.8 Å². The minimum absolute atomic E-state index is 0.0642. The Morgan fingerprint density at radius 2 is 1.91 bits per heavy atom. The number of rotatable bonds is 5. The van der Waals surface area contributed by atoms with Crippen LogP contribution in [0, 0.1) is 5.92 Å². The molecular formula is C17H25BrN2O2. The van der Waals surface area contributed by atoms with Crippen molar-refractivity contribution in [2.45, 2.75) is 38.1 Å². The van der Waals surface area contributed by atoms with E-state index in [1.54, 1.807) is 0 Å². The first kappa shape index (κ1) is 17.4. The second-order valence-electron chi connectivity index (χ2n) is 6.39. The molecule has 1 aliphatic heterocycles. The number of hydrogen-bond donors (Lipinski definition) is 2. The fourth-order valence-corrected chi connectivity index (χ4v) is 3.07. The monoisotopic (exact) mass is 368 g/mol. The maximum absolute atomic E-state index is 12.2. The van der Waals surface area contributed by atoms with Crippen molar-refractivity contribution in [1.29, 1.82) is 0 Å². The van der Waals surface area contributed by atoms with Crippen LogP contribution < -0.4 is 11.1 Å². The van der Waals surface area contributed by atoms with Crippen LogP contribution in [0.25, 0.3) is 0 Å². The molecule has 0 aromatic heterocycles. The summed E-state index contributed by atoms with van der Waals surface area (Å²) in [6.07, 6.45) is 1.82. The summed E-state index contributed by atoms with van der Waals surface area (Å²) in [5, 5.41) is 3.06.